The molecule has 0 aliphatic heterocycles. The summed E-state index contributed by atoms with van der Waals surface area (Å²) in [5.74, 6) is -5.62. The smallest absolute Gasteiger partial charge is 0.335 e. The highest BCUT2D eigenvalue weighted by Gasteiger charge is 2.28. The van der Waals surface area contributed by atoms with Gasteiger partial charge in [0.15, 0.2) is 0 Å². The van der Waals surface area contributed by atoms with Crippen LogP contribution in [0.25, 0.3) is 5.69 Å². The highest BCUT2D eigenvalue weighted by atomic mass is 32.2. The maximum atomic E-state index is 15.2. The average Bonchev–Trinajstić information content (AvgIpc) is 3.03. The maximum Gasteiger partial charge on any atom is 0.335 e. The Morgan fingerprint density at radius 2 is 1.61 bits per heavy atom. The van der Waals surface area contributed by atoms with Crippen LogP contribution in [-0.2, 0) is 33.0 Å². The first-order valence-corrected chi connectivity index (χ1v) is 16.2. The Bertz CT molecular complexity index is 2090. The molecule has 0 unspecified atom stereocenters. The Kier molecular flexibility index (Phi) is 11.1. The molecule has 0 radical (unpaired) electrons. The molecule has 17 heteroatoms. The molecule has 0 fully saturated rings. The molecule has 3 N–H and O–H groups in total. The van der Waals surface area contributed by atoms with Crippen molar-refractivity contribution in [2.45, 2.75) is 44.2 Å². The zero-order valence-corrected chi connectivity index (χ0v) is 27.5. The summed E-state index contributed by atoms with van der Waals surface area (Å²) in [6.07, 6.45) is 1.42. The Balaban J connectivity index is 1.54. The lowest BCUT2D eigenvalue weighted by Crippen LogP contribution is -2.44. The summed E-state index contributed by atoms with van der Waals surface area (Å²) in [6.45, 7) is 5.15. The number of carbonyl (C=O) groups is 3. The molecule has 0 spiro atoms. The number of amides is 2. The number of anilines is 1. The van der Waals surface area contributed by atoms with E-state index in [0.717, 1.165) is 22.9 Å². The van der Waals surface area contributed by atoms with Crippen molar-refractivity contribution in [3.8, 4) is 5.69 Å². The largest absolute Gasteiger partial charge is 0.461 e. The fourth-order valence-corrected chi connectivity index (χ4v) is 5.53. The summed E-state index contributed by atoms with van der Waals surface area (Å²) < 4.78 is 65.4. The molecule has 258 valence electrons. The van der Waals surface area contributed by atoms with Crippen molar-refractivity contribution < 1.29 is 36.3 Å². The van der Waals surface area contributed by atoms with Gasteiger partial charge in [-0.25, -0.2) is 36.3 Å². The summed E-state index contributed by atoms with van der Waals surface area (Å²) in [5, 5.41) is 4.78. The van der Waals surface area contributed by atoms with Gasteiger partial charge >= 0.3 is 11.7 Å². The van der Waals surface area contributed by atoms with Crippen LogP contribution in [0.15, 0.2) is 81.5 Å². The third-order valence-corrected chi connectivity index (χ3v) is 8.23. The number of pyridine rings is 1. The molecule has 4 aromatic rings. The van der Waals surface area contributed by atoms with Gasteiger partial charge in [-0.2, -0.15) is 0 Å². The second-order valence-corrected chi connectivity index (χ2v) is 12.6. The molecule has 2 amide bonds. The lowest BCUT2D eigenvalue weighted by atomic mass is 10.0. The van der Waals surface area contributed by atoms with E-state index in [4.69, 9.17) is 4.74 Å². The van der Waals surface area contributed by atoms with Crippen LogP contribution >= 0.6 is 0 Å². The van der Waals surface area contributed by atoms with Crippen LogP contribution in [0.1, 0.15) is 47.2 Å². The third-order valence-electron chi connectivity index (χ3n) is 6.87. The van der Waals surface area contributed by atoms with Gasteiger partial charge in [-0.05, 0) is 62.7 Å². The number of aryl methyl sites for hydroxylation is 1. The molecule has 0 aliphatic carbocycles. The monoisotopic (exact) mass is 698 g/mol. The van der Waals surface area contributed by atoms with Gasteiger partial charge in [0, 0.05) is 38.5 Å². The average molecular weight is 699 g/mol. The molecular formula is C32H32F2N6O8S. The number of hydrogen-bond acceptors (Lipinski definition) is 9. The molecule has 0 saturated carbocycles. The molecule has 2 heterocycles. The second kappa shape index (κ2) is 15.0. The molecule has 2 aromatic carbocycles. The Hall–Kier alpha value is -5.71. The van der Waals surface area contributed by atoms with Gasteiger partial charge in [0.05, 0.1) is 17.5 Å². The summed E-state index contributed by atoms with van der Waals surface area (Å²) in [6, 6.07) is 9.12. The number of benzene rings is 2. The number of ether oxygens (including phenoxy) is 1. The molecule has 0 saturated heterocycles. The molecule has 49 heavy (non-hydrogen) atoms. The summed E-state index contributed by atoms with van der Waals surface area (Å²) in [5.41, 5.74) is -2.15. The van der Waals surface area contributed by atoms with Gasteiger partial charge in [0.25, 0.3) is 27.4 Å². The first-order valence-electron chi connectivity index (χ1n) is 14.8. The standard InChI is InChI=1S/C32H32F2N6O8S/c1-5-35-29(42)25-11-10-22(17-36-25)49(46,47)38-20-15-23(33)28(24(34)16-20)30(43)37-26(31(44)48-18(2)3)14-19-6-8-21(9-7-19)40-27(41)12-13-39(4)32(40)45/h6-13,15-18,26,38H,5,14H2,1-4H3,(H,35,42)(H,37,43)/t26-/m0/s1. The fourth-order valence-electron chi connectivity index (χ4n) is 4.55. The molecule has 1 atom stereocenters. The van der Waals surface area contributed by atoms with E-state index < -0.39 is 79.0 Å². The number of rotatable bonds is 12. The minimum atomic E-state index is -4.42. The van der Waals surface area contributed by atoms with Crippen LogP contribution in [0.4, 0.5) is 14.5 Å². The fraction of sp³-hybridized carbons (Fsp3) is 0.250. The minimum Gasteiger partial charge on any atom is -0.461 e. The quantitative estimate of drug-likeness (QED) is 0.186. The number of esters is 1. The highest BCUT2D eigenvalue weighted by molar-refractivity contribution is 7.92. The van der Waals surface area contributed by atoms with E-state index in [1.165, 1.54) is 48.1 Å². The zero-order valence-electron chi connectivity index (χ0n) is 26.7. The number of hydrogen-bond donors (Lipinski definition) is 3. The molecule has 14 nitrogen and oxygen atoms in total. The summed E-state index contributed by atoms with van der Waals surface area (Å²) in [7, 11) is -2.94. The highest BCUT2D eigenvalue weighted by Crippen LogP contribution is 2.23. The maximum absolute atomic E-state index is 15.2. The van der Waals surface area contributed by atoms with Crippen molar-refractivity contribution in [2.75, 3.05) is 11.3 Å². The Labute approximate surface area is 278 Å². The van der Waals surface area contributed by atoms with Gasteiger partial charge in [-0.3, -0.25) is 19.1 Å². The second-order valence-electron chi connectivity index (χ2n) is 10.9. The molecule has 4 rings (SSSR count). The summed E-state index contributed by atoms with van der Waals surface area (Å²) >= 11 is 0. The van der Waals surface area contributed by atoms with Gasteiger partial charge in [0.2, 0.25) is 0 Å². The molecule has 2 aromatic heterocycles. The van der Waals surface area contributed by atoms with Gasteiger partial charge < -0.3 is 19.9 Å². The van der Waals surface area contributed by atoms with E-state index in [1.807, 2.05) is 4.72 Å². The SMILES string of the molecule is CCNC(=O)c1ccc(S(=O)(=O)Nc2cc(F)c(C(=O)N[C@@H](Cc3ccc(-n4c(=O)ccn(C)c4=O)cc3)C(=O)OC(C)C)c(F)c2)cn1. The number of halogens is 2. The first-order chi connectivity index (χ1) is 23.1. The van der Waals surface area contributed by atoms with Crippen LogP contribution in [0.2, 0.25) is 0 Å². The lowest BCUT2D eigenvalue weighted by molar-refractivity contribution is -0.149. The lowest BCUT2D eigenvalue weighted by Gasteiger charge is -2.20. The van der Waals surface area contributed by atoms with E-state index in [1.54, 1.807) is 20.8 Å². The normalized spacial score (nSPS) is 11.9. The van der Waals surface area contributed by atoms with Crippen molar-refractivity contribution in [2.24, 2.45) is 7.05 Å². The summed E-state index contributed by atoms with van der Waals surface area (Å²) in [4.78, 5) is 66.1. The van der Waals surface area contributed by atoms with Crippen LogP contribution in [-0.4, -0.2) is 59.0 Å². The van der Waals surface area contributed by atoms with Crippen LogP contribution < -0.4 is 26.6 Å². The van der Waals surface area contributed by atoms with Gasteiger partial charge in [-0.1, -0.05) is 12.1 Å². The number of carbonyl (C=O) groups excluding carboxylic acids is 3. The van der Waals surface area contributed by atoms with E-state index >= 15 is 8.78 Å². The number of nitrogens with one attached hydrogen (secondary N) is 3. The van der Waals surface area contributed by atoms with E-state index in [9.17, 15) is 32.4 Å². The third kappa shape index (κ3) is 8.61. The molecular weight excluding hydrogens is 666 g/mol. The first kappa shape index (κ1) is 36.1. The topological polar surface area (TPSA) is 188 Å². The van der Waals surface area contributed by atoms with Crippen molar-refractivity contribution >= 4 is 33.5 Å². The van der Waals surface area contributed by atoms with Crippen LogP contribution in [0, 0.1) is 11.6 Å². The van der Waals surface area contributed by atoms with Crippen molar-refractivity contribution in [3.05, 3.63) is 116 Å². The van der Waals surface area contributed by atoms with E-state index in [2.05, 4.69) is 15.6 Å². The van der Waals surface area contributed by atoms with Crippen LogP contribution in [0.3, 0.4) is 0 Å². The zero-order chi connectivity index (χ0) is 36.0. The number of sulfonamides is 1. The van der Waals surface area contributed by atoms with Crippen molar-refractivity contribution in [3.63, 3.8) is 0 Å². The van der Waals surface area contributed by atoms with Crippen LogP contribution in [0.5, 0.6) is 0 Å². The van der Waals surface area contributed by atoms with E-state index in [-0.39, 0.29) is 17.8 Å². The van der Waals surface area contributed by atoms with Gasteiger partial charge in [-0.15, -0.1) is 0 Å². The van der Waals surface area contributed by atoms with E-state index in [0.29, 0.717) is 24.2 Å². The number of aromatic nitrogens is 3. The van der Waals surface area contributed by atoms with Crippen molar-refractivity contribution in [1.82, 2.24) is 24.8 Å². The Morgan fingerprint density at radius 1 is 0.959 bits per heavy atom. The molecule has 0 bridgehead atoms. The minimum absolute atomic E-state index is 0.0445. The predicted molar refractivity (Wildman–Crippen MR) is 173 cm³/mol. The predicted octanol–water partition coefficient (Wildman–Crippen LogP) is 2.05. The van der Waals surface area contributed by atoms with Gasteiger partial charge in [0.1, 0.15) is 33.8 Å². The molecule has 0 aliphatic rings. The Morgan fingerprint density at radius 3 is 2.18 bits per heavy atom. The van der Waals surface area contributed by atoms with Crippen molar-refractivity contribution in [1.29, 1.82) is 0 Å². The number of nitrogens with zero attached hydrogens (tertiary/aromatic N) is 3.